The van der Waals surface area contributed by atoms with Crippen molar-refractivity contribution < 1.29 is 14.6 Å². The van der Waals surface area contributed by atoms with Crippen LogP contribution >= 0.6 is 22.6 Å². The van der Waals surface area contributed by atoms with Crippen molar-refractivity contribution in [2.24, 2.45) is 5.92 Å². The predicted molar refractivity (Wildman–Crippen MR) is 106 cm³/mol. The molecule has 4 atom stereocenters. The highest BCUT2D eigenvalue weighted by Gasteiger charge is 2.42. The summed E-state index contributed by atoms with van der Waals surface area (Å²) in [5.74, 6) is -0.280. The molecule has 3 nitrogen and oxygen atoms in total. The van der Waals surface area contributed by atoms with Crippen LogP contribution in [0.15, 0.2) is 35.5 Å². The molecule has 2 aliphatic rings. The van der Waals surface area contributed by atoms with Crippen molar-refractivity contribution in [1.82, 2.24) is 0 Å². The third kappa shape index (κ3) is 4.94. The smallest absolute Gasteiger partial charge is 0.334 e. The zero-order valence-electron chi connectivity index (χ0n) is 15.0. The summed E-state index contributed by atoms with van der Waals surface area (Å²) >= 11 is 2.32. The molecule has 1 fully saturated rings. The summed E-state index contributed by atoms with van der Waals surface area (Å²) < 4.78 is 5.62. The van der Waals surface area contributed by atoms with Gasteiger partial charge in [-0.15, -0.1) is 0 Å². The number of carbonyl (C=O) groups excluding carboxylic acids is 1. The van der Waals surface area contributed by atoms with E-state index >= 15 is 0 Å². The Kier molecular flexibility index (Phi) is 6.71. The number of hydrogen-bond acceptors (Lipinski definition) is 3. The van der Waals surface area contributed by atoms with Gasteiger partial charge in [0.2, 0.25) is 0 Å². The summed E-state index contributed by atoms with van der Waals surface area (Å²) in [6.07, 6.45) is 9.48. The lowest BCUT2D eigenvalue weighted by Crippen LogP contribution is -2.37. The number of halogens is 1. The molecule has 24 heavy (non-hydrogen) atoms. The minimum absolute atomic E-state index is 0.00514. The number of alkyl halides is 1. The van der Waals surface area contributed by atoms with Crippen LogP contribution in [0.5, 0.6) is 0 Å². The fraction of sp³-hybridized carbons (Fsp3) is 0.650. The molecule has 0 amide bonds. The summed E-state index contributed by atoms with van der Waals surface area (Å²) in [6.45, 7) is 10.1. The molecular formula is C20H29IO3. The molecule has 1 aliphatic heterocycles. The Bertz CT molecular complexity index is 559. The molecule has 1 N–H and O–H groups in total. The normalized spacial score (nSPS) is 40.6. The zero-order valence-corrected chi connectivity index (χ0v) is 17.1. The van der Waals surface area contributed by atoms with Crippen LogP contribution in [0.2, 0.25) is 0 Å². The quantitative estimate of drug-likeness (QED) is 0.190. The summed E-state index contributed by atoms with van der Waals surface area (Å²) in [4.78, 5) is 12.0. The van der Waals surface area contributed by atoms with Crippen LogP contribution < -0.4 is 0 Å². The third-order valence-electron chi connectivity index (χ3n) is 5.25. The first-order chi connectivity index (χ1) is 11.2. The van der Waals surface area contributed by atoms with Crippen molar-refractivity contribution in [3.63, 3.8) is 0 Å². The lowest BCUT2D eigenvalue weighted by atomic mass is 9.83. The predicted octanol–water partition coefficient (Wildman–Crippen LogP) is 4.89. The van der Waals surface area contributed by atoms with E-state index in [-0.39, 0.29) is 21.9 Å². The largest absolute Gasteiger partial charge is 0.458 e. The Morgan fingerprint density at radius 1 is 1.29 bits per heavy atom. The van der Waals surface area contributed by atoms with Gasteiger partial charge in [0, 0.05) is 21.8 Å². The Morgan fingerprint density at radius 3 is 2.67 bits per heavy atom. The molecule has 0 aromatic carbocycles. The second-order valence-electron chi connectivity index (χ2n) is 7.52. The standard InChI is InChI=1S/C20H29IO3/c1-13-7-5-8-14(2)11-17-16(15(3)19(22)24-17)12-18(21)20(4,23)10-6-9-13/h8-9,16-18,23H,3,5-7,10-12H2,1-2,4H3/b13-9+,14-8+/t16-,17-,18-,20+/m0/s1. The van der Waals surface area contributed by atoms with E-state index in [9.17, 15) is 9.90 Å². The highest BCUT2D eigenvalue weighted by atomic mass is 127. The maximum absolute atomic E-state index is 12.0. The zero-order chi connectivity index (χ0) is 17.9. The summed E-state index contributed by atoms with van der Waals surface area (Å²) in [5.41, 5.74) is 2.43. The van der Waals surface area contributed by atoms with E-state index in [4.69, 9.17) is 4.74 Å². The fourth-order valence-electron chi connectivity index (χ4n) is 3.44. The molecule has 0 unspecified atom stereocenters. The number of esters is 1. The van der Waals surface area contributed by atoms with E-state index in [2.05, 4.69) is 55.2 Å². The van der Waals surface area contributed by atoms with Gasteiger partial charge >= 0.3 is 5.97 Å². The molecule has 0 radical (unpaired) electrons. The van der Waals surface area contributed by atoms with Gasteiger partial charge in [-0.3, -0.25) is 0 Å². The fourth-order valence-corrected chi connectivity index (χ4v) is 4.30. The van der Waals surface area contributed by atoms with Gasteiger partial charge in [0.15, 0.2) is 0 Å². The highest BCUT2D eigenvalue weighted by molar-refractivity contribution is 14.1. The van der Waals surface area contributed by atoms with Crippen molar-refractivity contribution >= 4 is 28.6 Å². The molecule has 134 valence electrons. The average Bonchev–Trinajstić information content (AvgIpc) is 2.73. The number of allylic oxidation sites excluding steroid dienone is 3. The van der Waals surface area contributed by atoms with Gasteiger partial charge in [0.25, 0.3) is 0 Å². The Labute approximate surface area is 159 Å². The first kappa shape index (κ1) is 19.7. The molecule has 1 saturated heterocycles. The topological polar surface area (TPSA) is 46.5 Å². The van der Waals surface area contributed by atoms with E-state index in [0.717, 1.165) is 38.5 Å². The second-order valence-corrected chi connectivity index (χ2v) is 9.02. The van der Waals surface area contributed by atoms with E-state index in [0.29, 0.717) is 5.57 Å². The van der Waals surface area contributed by atoms with Gasteiger partial charge in [0.1, 0.15) is 6.10 Å². The summed E-state index contributed by atoms with van der Waals surface area (Å²) in [6, 6.07) is 0. The number of aliphatic hydroxyl groups is 1. The number of hydrogen-bond donors (Lipinski definition) is 1. The van der Waals surface area contributed by atoms with Crippen LogP contribution in [0.1, 0.15) is 59.3 Å². The van der Waals surface area contributed by atoms with E-state index < -0.39 is 5.60 Å². The molecule has 1 heterocycles. The molecule has 2 rings (SSSR count). The van der Waals surface area contributed by atoms with E-state index in [1.807, 2.05) is 6.92 Å². The molecule has 0 aromatic heterocycles. The van der Waals surface area contributed by atoms with E-state index in [1.54, 1.807) is 0 Å². The molecule has 4 heteroatoms. The lowest BCUT2D eigenvalue weighted by Gasteiger charge is -2.31. The average molecular weight is 444 g/mol. The third-order valence-corrected chi connectivity index (χ3v) is 7.10. The SMILES string of the molecule is C=C1C(=O)O[C@H]2C/C(C)=C/CC/C(C)=C/CC[C@@](C)(O)[C@@H](I)C[C@@H]12. The minimum atomic E-state index is -0.761. The van der Waals surface area contributed by atoms with Crippen molar-refractivity contribution in [2.75, 3.05) is 0 Å². The molecule has 0 spiro atoms. The Hall–Kier alpha value is -0.620. The Balaban J connectivity index is 2.24. The number of rotatable bonds is 0. The Morgan fingerprint density at radius 2 is 1.96 bits per heavy atom. The first-order valence-electron chi connectivity index (χ1n) is 8.78. The van der Waals surface area contributed by atoms with Crippen LogP contribution in [0.3, 0.4) is 0 Å². The van der Waals surface area contributed by atoms with Gasteiger partial charge in [0.05, 0.1) is 5.60 Å². The monoisotopic (exact) mass is 444 g/mol. The maximum atomic E-state index is 12.0. The maximum Gasteiger partial charge on any atom is 0.334 e. The second kappa shape index (κ2) is 8.17. The molecule has 0 aromatic rings. The number of fused-ring (bicyclic) bond motifs is 1. The van der Waals surface area contributed by atoms with Crippen molar-refractivity contribution in [1.29, 1.82) is 0 Å². The highest BCUT2D eigenvalue weighted by Crippen LogP contribution is 2.39. The van der Waals surface area contributed by atoms with Gasteiger partial charge in [-0.05, 0) is 52.9 Å². The molecule has 0 saturated carbocycles. The molecular weight excluding hydrogens is 415 g/mol. The molecule has 0 bridgehead atoms. The van der Waals surface area contributed by atoms with Crippen LogP contribution in [0, 0.1) is 5.92 Å². The number of carbonyl (C=O) groups is 1. The van der Waals surface area contributed by atoms with Crippen LogP contribution in [-0.4, -0.2) is 26.7 Å². The van der Waals surface area contributed by atoms with Gasteiger partial charge in [-0.2, -0.15) is 0 Å². The number of ether oxygens (including phenoxy) is 1. The molecule has 1 aliphatic carbocycles. The van der Waals surface area contributed by atoms with Crippen molar-refractivity contribution in [3.05, 3.63) is 35.5 Å². The van der Waals surface area contributed by atoms with Gasteiger partial charge < -0.3 is 9.84 Å². The van der Waals surface area contributed by atoms with Gasteiger partial charge in [-0.1, -0.05) is 52.5 Å². The van der Waals surface area contributed by atoms with Crippen molar-refractivity contribution in [3.8, 4) is 0 Å². The van der Waals surface area contributed by atoms with Gasteiger partial charge in [-0.25, -0.2) is 4.79 Å². The minimum Gasteiger partial charge on any atom is -0.458 e. The van der Waals surface area contributed by atoms with Crippen LogP contribution in [0.25, 0.3) is 0 Å². The van der Waals surface area contributed by atoms with E-state index in [1.165, 1.54) is 11.1 Å². The van der Waals surface area contributed by atoms with Crippen molar-refractivity contribution in [2.45, 2.75) is 74.9 Å². The van der Waals surface area contributed by atoms with Crippen LogP contribution in [-0.2, 0) is 9.53 Å². The summed E-state index contributed by atoms with van der Waals surface area (Å²) in [7, 11) is 0. The summed E-state index contributed by atoms with van der Waals surface area (Å²) in [5, 5.41) is 10.9. The van der Waals surface area contributed by atoms with Crippen LogP contribution in [0.4, 0.5) is 0 Å². The lowest BCUT2D eigenvalue weighted by molar-refractivity contribution is -0.139. The first-order valence-corrected chi connectivity index (χ1v) is 10.0.